The van der Waals surface area contributed by atoms with Crippen molar-refractivity contribution in [2.75, 3.05) is 0 Å². The first-order valence-electron chi connectivity index (χ1n) is 6.27. The summed E-state index contributed by atoms with van der Waals surface area (Å²) in [5, 5.41) is 0. The molecule has 0 fully saturated rings. The molecule has 0 radical (unpaired) electrons. The molecule has 0 heterocycles. The van der Waals surface area contributed by atoms with Crippen molar-refractivity contribution >= 4 is 0 Å². The first-order valence-corrected chi connectivity index (χ1v) is 6.27. The molecule has 0 bridgehead atoms. The van der Waals surface area contributed by atoms with Crippen LogP contribution in [0, 0.1) is 0 Å². The fraction of sp³-hybridized carbons (Fsp3) is 0.600. The van der Waals surface area contributed by atoms with E-state index in [2.05, 4.69) is 39.5 Å². The van der Waals surface area contributed by atoms with Gasteiger partial charge in [0.2, 0.25) is 0 Å². The van der Waals surface area contributed by atoms with Gasteiger partial charge in [-0.1, -0.05) is 63.1 Å². The minimum atomic E-state index is 1.07. The van der Waals surface area contributed by atoms with Crippen LogP contribution in [-0.2, 0) is 0 Å². The van der Waals surface area contributed by atoms with Crippen molar-refractivity contribution in [3.05, 3.63) is 36.0 Å². The molecule has 0 saturated heterocycles. The third-order valence-corrected chi connectivity index (χ3v) is 2.78. The minimum Gasteiger partial charge on any atom is -0.0988 e. The van der Waals surface area contributed by atoms with Crippen LogP contribution in [0.5, 0.6) is 0 Å². The lowest BCUT2D eigenvalue weighted by Crippen LogP contribution is -1.80. The van der Waals surface area contributed by atoms with Gasteiger partial charge in [-0.25, -0.2) is 0 Å². The van der Waals surface area contributed by atoms with Gasteiger partial charge in [0.05, 0.1) is 0 Å². The van der Waals surface area contributed by atoms with Gasteiger partial charge in [-0.3, -0.25) is 0 Å². The van der Waals surface area contributed by atoms with E-state index in [1.54, 1.807) is 5.57 Å². The summed E-state index contributed by atoms with van der Waals surface area (Å²) in [4.78, 5) is 0. The van der Waals surface area contributed by atoms with Crippen LogP contribution >= 0.6 is 0 Å². The molecular formula is C15H26. The van der Waals surface area contributed by atoms with Crippen molar-refractivity contribution in [3.8, 4) is 0 Å². The second-order valence-electron chi connectivity index (χ2n) is 3.89. The summed E-state index contributed by atoms with van der Waals surface area (Å²) in [7, 11) is 0. The van der Waals surface area contributed by atoms with Crippen molar-refractivity contribution in [1.82, 2.24) is 0 Å². The van der Waals surface area contributed by atoms with Gasteiger partial charge in [-0.05, 0) is 32.1 Å². The normalized spacial score (nSPS) is 11.3. The Morgan fingerprint density at radius 2 is 1.73 bits per heavy atom. The molecule has 0 amide bonds. The van der Waals surface area contributed by atoms with Gasteiger partial charge in [0.25, 0.3) is 0 Å². The van der Waals surface area contributed by atoms with Gasteiger partial charge in [-0.2, -0.15) is 0 Å². The Kier molecular flexibility index (Phi) is 9.26. The fourth-order valence-electron chi connectivity index (χ4n) is 1.58. The predicted molar refractivity (Wildman–Crippen MR) is 71.1 cm³/mol. The van der Waals surface area contributed by atoms with Crippen molar-refractivity contribution in [2.24, 2.45) is 0 Å². The number of unbranched alkanes of at least 4 members (excludes halogenated alkanes) is 1. The quantitative estimate of drug-likeness (QED) is 0.367. The smallest absolute Gasteiger partial charge is 0.0161 e. The standard InChI is InChI=1S/C15H26/c1-5-9-11-15(8-4)13-10-12-14(6-2)7-3/h8,12-13H,4-7,9-11H2,1-3H3/b15-13+. The molecule has 86 valence electrons. The van der Waals surface area contributed by atoms with Crippen LogP contribution in [0.4, 0.5) is 0 Å². The Labute approximate surface area is 95.8 Å². The summed E-state index contributed by atoms with van der Waals surface area (Å²) >= 11 is 0. The van der Waals surface area contributed by atoms with Gasteiger partial charge in [0, 0.05) is 0 Å². The van der Waals surface area contributed by atoms with Crippen molar-refractivity contribution < 1.29 is 0 Å². The lowest BCUT2D eigenvalue weighted by atomic mass is 10.1. The molecule has 0 rings (SSSR count). The molecule has 0 aromatic rings. The lowest BCUT2D eigenvalue weighted by molar-refractivity contribution is 0.796. The SMILES string of the molecule is C=C/C(=C\CC=C(CC)CC)CCCC. The molecule has 0 aliphatic rings. The number of rotatable bonds is 8. The average Bonchev–Trinajstić information content (AvgIpc) is 2.28. The molecule has 0 aromatic heterocycles. The molecule has 0 aromatic carbocycles. The van der Waals surface area contributed by atoms with E-state index in [1.807, 2.05) is 6.08 Å². The Hall–Kier alpha value is -0.780. The number of allylic oxidation sites excluding steroid dienone is 5. The monoisotopic (exact) mass is 206 g/mol. The zero-order valence-electron chi connectivity index (χ0n) is 10.7. The van der Waals surface area contributed by atoms with E-state index in [0.29, 0.717) is 0 Å². The third kappa shape index (κ3) is 7.18. The molecule has 0 N–H and O–H groups in total. The summed E-state index contributed by atoms with van der Waals surface area (Å²) in [6.07, 6.45) is 13.8. The first-order chi connectivity index (χ1) is 7.28. The highest BCUT2D eigenvalue weighted by molar-refractivity contribution is 5.18. The zero-order valence-corrected chi connectivity index (χ0v) is 10.7. The molecule has 0 saturated carbocycles. The number of hydrogen-bond donors (Lipinski definition) is 0. The van der Waals surface area contributed by atoms with E-state index in [0.717, 1.165) is 6.42 Å². The Morgan fingerprint density at radius 3 is 2.20 bits per heavy atom. The molecule has 0 nitrogen and oxygen atoms in total. The molecule has 0 aliphatic heterocycles. The Bertz CT molecular complexity index is 212. The molecule has 0 heteroatoms. The van der Waals surface area contributed by atoms with E-state index < -0.39 is 0 Å². The fourth-order valence-corrected chi connectivity index (χ4v) is 1.58. The maximum atomic E-state index is 3.86. The first kappa shape index (κ1) is 14.2. The van der Waals surface area contributed by atoms with Crippen LogP contribution in [0.2, 0.25) is 0 Å². The molecule has 15 heavy (non-hydrogen) atoms. The predicted octanol–water partition coefficient (Wildman–Crippen LogP) is 5.43. The highest BCUT2D eigenvalue weighted by Gasteiger charge is 1.91. The van der Waals surface area contributed by atoms with Crippen LogP contribution < -0.4 is 0 Å². The van der Waals surface area contributed by atoms with Crippen molar-refractivity contribution in [1.29, 1.82) is 0 Å². The second kappa shape index (κ2) is 9.76. The third-order valence-electron chi connectivity index (χ3n) is 2.78. The second-order valence-corrected chi connectivity index (χ2v) is 3.89. The largest absolute Gasteiger partial charge is 0.0988 e. The Morgan fingerprint density at radius 1 is 1.07 bits per heavy atom. The summed E-state index contributed by atoms with van der Waals surface area (Å²) in [6, 6.07) is 0. The van der Waals surface area contributed by atoms with Gasteiger partial charge in [0.1, 0.15) is 0 Å². The average molecular weight is 206 g/mol. The van der Waals surface area contributed by atoms with Gasteiger partial charge in [-0.15, -0.1) is 0 Å². The highest BCUT2D eigenvalue weighted by Crippen LogP contribution is 2.12. The van der Waals surface area contributed by atoms with E-state index >= 15 is 0 Å². The van der Waals surface area contributed by atoms with Crippen LogP contribution in [0.15, 0.2) is 36.0 Å². The van der Waals surface area contributed by atoms with E-state index in [4.69, 9.17) is 0 Å². The molecule has 0 spiro atoms. The molecular weight excluding hydrogens is 180 g/mol. The van der Waals surface area contributed by atoms with Crippen LogP contribution in [-0.4, -0.2) is 0 Å². The van der Waals surface area contributed by atoms with Crippen molar-refractivity contribution in [3.63, 3.8) is 0 Å². The van der Waals surface area contributed by atoms with Crippen molar-refractivity contribution in [2.45, 2.75) is 59.3 Å². The van der Waals surface area contributed by atoms with E-state index in [1.165, 1.54) is 37.7 Å². The zero-order chi connectivity index (χ0) is 11.5. The molecule has 0 unspecified atom stereocenters. The molecule has 0 atom stereocenters. The van der Waals surface area contributed by atoms with Crippen LogP contribution in [0.25, 0.3) is 0 Å². The Balaban J connectivity index is 4.09. The topological polar surface area (TPSA) is 0 Å². The summed E-state index contributed by atoms with van der Waals surface area (Å²) < 4.78 is 0. The van der Waals surface area contributed by atoms with Crippen LogP contribution in [0.3, 0.4) is 0 Å². The summed E-state index contributed by atoms with van der Waals surface area (Å²) in [5.74, 6) is 0. The van der Waals surface area contributed by atoms with Gasteiger partial charge >= 0.3 is 0 Å². The minimum absolute atomic E-state index is 1.07. The summed E-state index contributed by atoms with van der Waals surface area (Å²) in [5.41, 5.74) is 2.96. The highest BCUT2D eigenvalue weighted by atomic mass is 14.0. The number of hydrogen-bond acceptors (Lipinski definition) is 0. The summed E-state index contributed by atoms with van der Waals surface area (Å²) in [6.45, 7) is 10.5. The van der Waals surface area contributed by atoms with Crippen LogP contribution in [0.1, 0.15) is 59.3 Å². The van der Waals surface area contributed by atoms with E-state index in [9.17, 15) is 0 Å². The van der Waals surface area contributed by atoms with Gasteiger partial charge in [0.15, 0.2) is 0 Å². The van der Waals surface area contributed by atoms with Gasteiger partial charge < -0.3 is 0 Å². The maximum absolute atomic E-state index is 3.86. The lowest BCUT2D eigenvalue weighted by Gasteiger charge is -2.01. The maximum Gasteiger partial charge on any atom is -0.0161 e. The molecule has 0 aliphatic carbocycles. The van der Waals surface area contributed by atoms with E-state index in [-0.39, 0.29) is 0 Å².